The topological polar surface area (TPSA) is 61.4 Å². The monoisotopic (exact) mass is 395 g/mol. The van der Waals surface area contributed by atoms with Crippen LogP contribution < -0.4 is 10.6 Å². The number of hydrogen-bond donors (Lipinski definition) is 2. The van der Waals surface area contributed by atoms with Gasteiger partial charge in [-0.25, -0.2) is 4.39 Å². The van der Waals surface area contributed by atoms with Gasteiger partial charge in [-0.05, 0) is 55.5 Å². The molecule has 0 spiro atoms. The van der Waals surface area contributed by atoms with E-state index in [1.54, 1.807) is 12.1 Å². The molecule has 2 aromatic rings. The number of hydrogen-bond acceptors (Lipinski definition) is 3. The van der Waals surface area contributed by atoms with E-state index in [-0.39, 0.29) is 29.7 Å². The van der Waals surface area contributed by atoms with Crippen molar-refractivity contribution in [3.63, 3.8) is 0 Å². The number of likely N-dealkylation sites (tertiary alicyclic amines) is 1. The van der Waals surface area contributed by atoms with Crippen molar-refractivity contribution in [3.8, 4) is 0 Å². The fourth-order valence-corrected chi connectivity index (χ4v) is 3.74. The Hall–Kier alpha value is -2.73. The van der Waals surface area contributed by atoms with Crippen molar-refractivity contribution in [2.45, 2.75) is 43.8 Å². The summed E-state index contributed by atoms with van der Waals surface area (Å²) in [5.41, 5.74) is 1.46. The SMILES string of the molecule is O=C(NC1CC1)C(NC1CCN(C(=O)c2ccccc2)CC1)c1ccc(F)cc1. The van der Waals surface area contributed by atoms with E-state index in [1.807, 2.05) is 35.2 Å². The van der Waals surface area contributed by atoms with Gasteiger partial charge in [-0.2, -0.15) is 0 Å². The number of piperidine rings is 1. The number of rotatable bonds is 6. The number of nitrogens with one attached hydrogen (secondary N) is 2. The predicted molar refractivity (Wildman–Crippen MR) is 109 cm³/mol. The maximum absolute atomic E-state index is 13.3. The van der Waals surface area contributed by atoms with Gasteiger partial charge >= 0.3 is 0 Å². The average Bonchev–Trinajstić information content (AvgIpc) is 3.57. The van der Waals surface area contributed by atoms with E-state index < -0.39 is 6.04 Å². The summed E-state index contributed by atoms with van der Waals surface area (Å²) < 4.78 is 13.3. The fraction of sp³-hybridized carbons (Fsp3) is 0.391. The van der Waals surface area contributed by atoms with Crippen LogP contribution in [0.1, 0.15) is 47.6 Å². The number of benzene rings is 2. The first-order valence-electron chi connectivity index (χ1n) is 10.3. The van der Waals surface area contributed by atoms with E-state index in [2.05, 4.69) is 10.6 Å². The largest absolute Gasteiger partial charge is 0.352 e. The summed E-state index contributed by atoms with van der Waals surface area (Å²) >= 11 is 0. The molecule has 2 fully saturated rings. The molecule has 5 nitrogen and oxygen atoms in total. The lowest BCUT2D eigenvalue weighted by atomic mass is 9.99. The lowest BCUT2D eigenvalue weighted by Crippen LogP contribution is -2.48. The van der Waals surface area contributed by atoms with Crippen LogP contribution in [0, 0.1) is 5.82 Å². The summed E-state index contributed by atoms with van der Waals surface area (Å²) in [6, 6.07) is 15.3. The van der Waals surface area contributed by atoms with Gasteiger partial charge in [0, 0.05) is 30.7 Å². The summed E-state index contributed by atoms with van der Waals surface area (Å²) in [4.78, 5) is 27.3. The second kappa shape index (κ2) is 8.74. The van der Waals surface area contributed by atoms with E-state index in [4.69, 9.17) is 0 Å². The molecular weight excluding hydrogens is 369 g/mol. The second-order valence-corrected chi connectivity index (χ2v) is 7.87. The molecule has 1 saturated carbocycles. The Kier molecular flexibility index (Phi) is 5.90. The summed E-state index contributed by atoms with van der Waals surface area (Å²) in [6.07, 6.45) is 3.57. The van der Waals surface area contributed by atoms with Crippen molar-refractivity contribution >= 4 is 11.8 Å². The number of nitrogens with zero attached hydrogens (tertiary/aromatic N) is 1. The predicted octanol–water partition coefficient (Wildman–Crippen LogP) is 3.04. The Morgan fingerprint density at radius 2 is 1.55 bits per heavy atom. The Labute approximate surface area is 170 Å². The van der Waals surface area contributed by atoms with Crippen LogP contribution in [0.3, 0.4) is 0 Å². The molecule has 1 saturated heterocycles. The van der Waals surface area contributed by atoms with Crippen LogP contribution in [0.15, 0.2) is 54.6 Å². The van der Waals surface area contributed by atoms with Crippen molar-refractivity contribution in [1.29, 1.82) is 0 Å². The summed E-state index contributed by atoms with van der Waals surface area (Å²) in [5.74, 6) is -0.338. The van der Waals surface area contributed by atoms with E-state index >= 15 is 0 Å². The second-order valence-electron chi connectivity index (χ2n) is 7.87. The lowest BCUT2D eigenvalue weighted by Gasteiger charge is -2.34. The van der Waals surface area contributed by atoms with Gasteiger partial charge in [-0.15, -0.1) is 0 Å². The molecule has 152 valence electrons. The Bertz CT molecular complexity index is 844. The Morgan fingerprint density at radius 3 is 2.17 bits per heavy atom. The molecule has 4 rings (SSSR count). The molecule has 1 aliphatic carbocycles. The number of carbonyl (C=O) groups is 2. The molecule has 6 heteroatoms. The molecular formula is C23H26FN3O2. The highest BCUT2D eigenvalue weighted by Crippen LogP contribution is 2.23. The fourth-order valence-electron chi connectivity index (χ4n) is 3.74. The first-order valence-corrected chi connectivity index (χ1v) is 10.3. The van der Waals surface area contributed by atoms with Crippen molar-refractivity contribution in [1.82, 2.24) is 15.5 Å². The molecule has 2 amide bonds. The van der Waals surface area contributed by atoms with E-state index in [1.165, 1.54) is 12.1 Å². The van der Waals surface area contributed by atoms with Gasteiger partial charge in [0.05, 0.1) is 0 Å². The molecule has 1 unspecified atom stereocenters. The standard InChI is InChI=1S/C23H26FN3O2/c24-18-8-6-16(7-9-18)21(22(28)26-19-10-11-19)25-20-12-14-27(15-13-20)23(29)17-4-2-1-3-5-17/h1-9,19-21,25H,10-15H2,(H,26,28). The molecule has 29 heavy (non-hydrogen) atoms. The first-order chi connectivity index (χ1) is 14.1. The highest BCUT2D eigenvalue weighted by atomic mass is 19.1. The van der Waals surface area contributed by atoms with Crippen LogP contribution in [-0.4, -0.2) is 41.9 Å². The van der Waals surface area contributed by atoms with Gasteiger partial charge in [0.2, 0.25) is 5.91 Å². The quantitative estimate of drug-likeness (QED) is 0.790. The first kappa shape index (κ1) is 19.6. The molecule has 1 atom stereocenters. The van der Waals surface area contributed by atoms with Crippen LogP contribution in [0.4, 0.5) is 4.39 Å². The van der Waals surface area contributed by atoms with Crippen LogP contribution in [0.2, 0.25) is 0 Å². The normalized spacial score (nSPS) is 18.3. The third-order valence-electron chi connectivity index (χ3n) is 5.59. The minimum atomic E-state index is -0.516. The third-order valence-corrected chi connectivity index (χ3v) is 5.59. The lowest BCUT2D eigenvalue weighted by molar-refractivity contribution is -0.123. The highest BCUT2D eigenvalue weighted by Gasteiger charge is 2.31. The van der Waals surface area contributed by atoms with E-state index in [9.17, 15) is 14.0 Å². The Morgan fingerprint density at radius 1 is 0.897 bits per heavy atom. The summed E-state index contributed by atoms with van der Waals surface area (Å²) in [5, 5.41) is 6.50. The van der Waals surface area contributed by atoms with E-state index in [0.29, 0.717) is 18.7 Å². The third kappa shape index (κ3) is 5.01. The van der Waals surface area contributed by atoms with Crippen molar-refractivity contribution < 1.29 is 14.0 Å². The minimum Gasteiger partial charge on any atom is -0.352 e. The molecule has 0 radical (unpaired) electrons. The highest BCUT2D eigenvalue weighted by molar-refractivity contribution is 5.94. The van der Waals surface area contributed by atoms with Crippen LogP contribution in [0.5, 0.6) is 0 Å². The number of carbonyl (C=O) groups excluding carboxylic acids is 2. The zero-order valence-electron chi connectivity index (χ0n) is 16.3. The van der Waals surface area contributed by atoms with Gasteiger partial charge < -0.3 is 10.2 Å². The van der Waals surface area contributed by atoms with Gasteiger partial charge in [0.15, 0.2) is 0 Å². The van der Waals surface area contributed by atoms with Gasteiger partial charge in [-0.1, -0.05) is 30.3 Å². The van der Waals surface area contributed by atoms with Crippen LogP contribution in [-0.2, 0) is 4.79 Å². The maximum Gasteiger partial charge on any atom is 0.253 e. The smallest absolute Gasteiger partial charge is 0.253 e. The van der Waals surface area contributed by atoms with Crippen LogP contribution in [0.25, 0.3) is 0 Å². The molecule has 2 aromatic carbocycles. The zero-order chi connectivity index (χ0) is 20.2. The maximum atomic E-state index is 13.3. The van der Waals surface area contributed by atoms with Gasteiger partial charge in [-0.3, -0.25) is 14.9 Å². The molecule has 2 aliphatic rings. The molecule has 0 bridgehead atoms. The van der Waals surface area contributed by atoms with Crippen molar-refractivity contribution in [2.24, 2.45) is 0 Å². The van der Waals surface area contributed by atoms with Gasteiger partial charge in [0.25, 0.3) is 5.91 Å². The molecule has 2 N–H and O–H groups in total. The molecule has 1 aliphatic heterocycles. The van der Waals surface area contributed by atoms with Crippen molar-refractivity contribution in [2.75, 3.05) is 13.1 Å². The van der Waals surface area contributed by atoms with Gasteiger partial charge in [0.1, 0.15) is 11.9 Å². The zero-order valence-corrected chi connectivity index (χ0v) is 16.3. The minimum absolute atomic E-state index is 0.0469. The summed E-state index contributed by atoms with van der Waals surface area (Å²) in [7, 11) is 0. The van der Waals surface area contributed by atoms with Crippen molar-refractivity contribution in [3.05, 3.63) is 71.5 Å². The average molecular weight is 395 g/mol. The molecule has 1 heterocycles. The van der Waals surface area contributed by atoms with E-state index in [0.717, 1.165) is 31.2 Å². The Balaban J connectivity index is 1.38. The summed E-state index contributed by atoms with van der Waals surface area (Å²) in [6.45, 7) is 1.29. The number of amides is 2. The number of halogens is 1. The molecule has 0 aromatic heterocycles. The van der Waals surface area contributed by atoms with Crippen LogP contribution >= 0.6 is 0 Å².